The molecule has 0 saturated carbocycles. The van der Waals surface area contributed by atoms with Gasteiger partial charge in [-0.2, -0.15) is 0 Å². The molecule has 2 aromatic carbocycles. The first-order valence-electron chi connectivity index (χ1n) is 6.29. The highest BCUT2D eigenvalue weighted by Crippen LogP contribution is 2.30. The maximum absolute atomic E-state index is 12.3. The van der Waals surface area contributed by atoms with Crippen LogP contribution in [-0.4, -0.2) is 20.5 Å². The molecule has 0 unspecified atom stereocenters. The average Bonchev–Trinajstić information content (AvgIpc) is 2.53. The topological polar surface area (TPSA) is 98.5 Å². The van der Waals surface area contributed by atoms with Gasteiger partial charge >= 0.3 is 5.69 Å². The highest BCUT2D eigenvalue weighted by Gasteiger charge is 2.22. The summed E-state index contributed by atoms with van der Waals surface area (Å²) in [4.78, 5) is 10.0. The molecular weight excluding hydrogens is 320 g/mol. The Morgan fingerprint density at radius 3 is 2.61 bits per heavy atom. The number of sulfonamides is 1. The van der Waals surface area contributed by atoms with Crippen molar-refractivity contribution in [3.05, 3.63) is 58.1 Å². The number of rotatable bonds is 5. The molecule has 0 heterocycles. The Labute approximate surface area is 133 Å². The van der Waals surface area contributed by atoms with E-state index in [1.807, 2.05) is 0 Å². The molecule has 0 aliphatic rings. The van der Waals surface area contributed by atoms with Gasteiger partial charge in [-0.05, 0) is 30.3 Å². The number of nitro groups is 1. The van der Waals surface area contributed by atoms with Crippen molar-refractivity contribution < 1.29 is 18.1 Å². The Morgan fingerprint density at radius 1 is 1.26 bits per heavy atom. The van der Waals surface area contributed by atoms with E-state index in [1.165, 1.54) is 31.4 Å². The molecular formula is C15H12N2O5S. The standard InChI is InChI=1S/C15H12N2O5S/c1-3-11-5-4-6-12(9-11)16-23(20,21)13-7-8-15(22-2)14(10-13)17(18)19/h1,4-10,16H,2H3. The van der Waals surface area contributed by atoms with Gasteiger partial charge in [0.25, 0.3) is 10.0 Å². The van der Waals surface area contributed by atoms with E-state index in [2.05, 4.69) is 10.6 Å². The Kier molecular flexibility index (Phi) is 4.52. The number of anilines is 1. The molecule has 0 aliphatic heterocycles. The zero-order valence-corrected chi connectivity index (χ0v) is 12.8. The second-order valence-corrected chi connectivity index (χ2v) is 6.10. The summed E-state index contributed by atoms with van der Waals surface area (Å²) in [5.41, 5.74) is 0.331. The summed E-state index contributed by atoms with van der Waals surface area (Å²) in [6.45, 7) is 0. The molecule has 1 N–H and O–H groups in total. The van der Waals surface area contributed by atoms with Crippen LogP contribution in [0.4, 0.5) is 11.4 Å². The lowest BCUT2D eigenvalue weighted by Gasteiger charge is -2.09. The van der Waals surface area contributed by atoms with Crippen molar-refractivity contribution in [3.63, 3.8) is 0 Å². The molecule has 0 aromatic heterocycles. The van der Waals surface area contributed by atoms with Gasteiger partial charge in [-0.25, -0.2) is 8.42 Å². The van der Waals surface area contributed by atoms with Crippen LogP contribution < -0.4 is 9.46 Å². The van der Waals surface area contributed by atoms with Crippen molar-refractivity contribution in [2.45, 2.75) is 4.90 Å². The molecule has 0 atom stereocenters. The number of benzene rings is 2. The molecule has 0 radical (unpaired) electrons. The van der Waals surface area contributed by atoms with Crippen molar-refractivity contribution in [1.82, 2.24) is 0 Å². The van der Waals surface area contributed by atoms with E-state index in [4.69, 9.17) is 11.2 Å². The third-order valence-electron chi connectivity index (χ3n) is 2.94. The predicted octanol–water partition coefficient (Wildman–Crippen LogP) is 2.39. The van der Waals surface area contributed by atoms with Crippen LogP contribution in [0.25, 0.3) is 0 Å². The first-order chi connectivity index (χ1) is 10.9. The minimum Gasteiger partial charge on any atom is -0.490 e. The molecule has 0 saturated heterocycles. The molecule has 2 aromatic rings. The predicted molar refractivity (Wildman–Crippen MR) is 84.8 cm³/mol. The summed E-state index contributed by atoms with van der Waals surface area (Å²) in [5, 5.41) is 11.0. The first kappa shape index (κ1) is 16.3. The van der Waals surface area contributed by atoms with Gasteiger partial charge in [0.05, 0.1) is 22.6 Å². The second kappa shape index (κ2) is 6.37. The van der Waals surface area contributed by atoms with Gasteiger partial charge in [-0.3, -0.25) is 14.8 Å². The molecule has 0 aliphatic carbocycles. The van der Waals surface area contributed by atoms with Crippen molar-refractivity contribution in [2.75, 3.05) is 11.8 Å². The number of nitrogens with one attached hydrogen (secondary N) is 1. The molecule has 23 heavy (non-hydrogen) atoms. The van der Waals surface area contributed by atoms with E-state index in [-0.39, 0.29) is 16.3 Å². The Bertz CT molecular complexity index is 900. The number of terminal acetylenes is 1. The number of methoxy groups -OCH3 is 1. The molecule has 2 rings (SSSR count). The Morgan fingerprint density at radius 2 is 2.00 bits per heavy atom. The fourth-order valence-corrected chi connectivity index (χ4v) is 2.94. The maximum atomic E-state index is 12.3. The zero-order valence-electron chi connectivity index (χ0n) is 12.0. The zero-order chi connectivity index (χ0) is 17.0. The summed E-state index contributed by atoms with van der Waals surface area (Å²) in [5.74, 6) is 2.37. The lowest BCUT2D eigenvalue weighted by atomic mass is 10.2. The van der Waals surface area contributed by atoms with Crippen LogP contribution in [0.2, 0.25) is 0 Å². The minimum absolute atomic E-state index is 0.0247. The Balaban J connectivity index is 2.42. The maximum Gasteiger partial charge on any atom is 0.312 e. The molecule has 0 amide bonds. The lowest BCUT2D eigenvalue weighted by molar-refractivity contribution is -0.386. The molecule has 7 nitrogen and oxygen atoms in total. The summed E-state index contributed by atoms with van der Waals surface area (Å²) >= 11 is 0. The van der Waals surface area contributed by atoms with Crippen LogP contribution in [0.5, 0.6) is 5.75 Å². The van der Waals surface area contributed by atoms with Gasteiger partial charge in [0.1, 0.15) is 0 Å². The van der Waals surface area contributed by atoms with E-state index in [9.17, 15) is 18.5 Å². The largest absolute Gasteiger partial charge is 0.490 e. The van der Waals surface area contributed by atoms with Gasteiger partial charge in [-0.1, -0.05) is 12.0 Å². The third kappa shape index (κ3) is 3.59. The van der Waals surface area contributed by atoms with E-state index in [0.717, 1.165) is 6.07 Å². The number of hydrogen-bond acceptors (Lipinski definition) is 5. The van der Waals surface area contributed by atoms with E-state index < -0.39 is 20.6 Å². The van der Waals surface area contributed by atoms with Crippen LogP contribution >= 0.6 is 0 Å². The molecule has 0 fully saturated rings. The minimum atomic E-state index is -4.00. The smallest absolute Gasteiger partial charge is 0.312 e. The van der Waals surface area contributed by atoms with E-state index in [0.29, 0.717) is 5.56 Å². The SMILES string of the molecule is C#Cc1cccc(NS(=O)(=O)c2ccc(OC)c([N+](=O)[O-])c2)c1. The van der Waals surface area contributed by atoms with Crippen LogP contribution in [0, 0.1) is 22.5 Å². The van der Waals surface area contributed by atoms with Gasteiger partial charge in [0, 0.05) is 11.6 Å². The number of nitrogens with zero attached hydrogens (tertiary/aromatic N) is 1. The van der Waals surface area contributed by atoms with Crippen molar-refractivity contribution in [2.24, 2.45) is 0 Å². The Hall–Kier alpha value is -3.05. The monoisotopic (exact) mass is 332 g/mol. The summed E-state index contributed by atoms with van der Waals surface area (Å²) < 4.78 is 31.9. The lowest BCUT2D eigenvalue weighted by Crippen LogP contribution is -2.13. The van der Waals surface area contributed by atoms with Crippen LogP contribution in [0.3, 0.4) is 0 Å². The van der Waals surface area contributed by atoms with Gasteiger partial charge in [0.15, 0.2) is 5.75 Å². The van der Waals surface area contributed by atoms with Gasteiger partial charge < -0.3 is 4.74 Å². The summed E-state index contributed by atoms with van der Waals surface area (Å²) in [6, 6.07) is 9.64. The number of nitro benzene ring substituents is 1. The van der Waals surface area contributed by atoms with E-state index >= 15 is 0 Å². The van der Waals surface area contributed by atoms with Crippen molar-refractivity contribution in [3.8, 4) is 18.1 Å². The highest BCUT2D eigenvalue weighted by molar-refractivity contribution is 7.92. The first-order valence-corrected chi connectivity index (χ1v) is 7.77. The molecule has 0 spiro atoms. The second-order valence-electron chi connectivity index (χ2n) is 4.42. The van der Waals surface area contributed by atoms with Gasteiger partial charge in [0.2, 0.25) is 0 Å². The summed E-state index contributed by atoms with van der Waals surface area (Å²) in [6.07, 6.45) is 5.26. The summed E-state index contributed by atoms with van der Waals surface area (Å²) in [7, 11) is -2.73. The van der Waals surface area contributed by atoms with Crippen LogP contribution in [-0.2, 0) is 10.0 Å². The highest BCUT2D eigenvalue weighted by atomic mass is 32.2. The average molecular weight is 332 g/mol. The van der Waals surface area contributed by atoms with E-state index in [1.54, 1.807) is 12.1 Å². The van der Waals surface area contributed by atoms with Gasteiger partial charge in [-0.15, -0.1) is 6.42 Å². The van der Waals surface area contributed by atoms with Crippen LogP contribution in [0.15, 0.2) is 47.4 Å². The fraction of sp³-hybridized carbons (Fsp3) is 0.0667. The normalized spacial score (nSPS) is 10.6. The molecule has 0 bridgehead atoms. The van der Waals surface area contributed by atoms with Crippen LogP contribution in [0.1, 0.15) is 5.56 Å². The van der Waals surface area contributed by atoms with Crippen molar-refractivity contribution in [1.29, 1.82) is 0 Å². The fourth-order valence-electron chi connectivity index (χ4n) is 1.87. The van der Waals surface area contributed by atoms with Crippen molar-refractivity contribution >= 4 is 21.4 Å². The quantitative estimate of drug-likeness (QED) is 0.515. The number of hydrogen-bond donors (Lipinski definition) is 1. The molecule has 8 heteroatoms. The third-order valence-corrected chi connectivity index (χ3v) is 4.32. The number of ether oxygens (including phenoxy) is 1. The molecule has 118 valence electrons.